The number of hydrogen-bond acceptors (Lipinski definition) is 3. The average molecular weight is 245 g/mol. The molecule has 1 N–H and O–H groups in total. The summed E-state index contributed by atoms with van der Waals surface area (Å²) in [5, 5.41) is 3.45. The second kappa shape index (κ2) is 6.26. The van der Waals surface area contributed by atoms with E-state index in [1.54, 1.807) is 12.5 Å². The predicted molar refractivity (Wildman–Crippen MR) is 71.6 cm³/mol. The molecule has 0 bridgehead atoms. The maximum atomic E-state index is 5.43. The Labute approximate surface area is 108 Å². The lowest BCUT2D eigenvalue weighted by Crippen LogP contribution is -2.17. The van der Waals surface area contributed by atoms with Gasteiger partial charge in [0.15, 0.2) is 0 Å². The normalized spacial score (nSPS) is 12.3. The van der Waals surface area contributed by atoms with Gasteiger partial charge in [0.2, 0.25) is 0 Å². The van der Waals surface area contributed by atoms with Gasteiger partial charge in [-0.05, 0) is 37.6 Å². The Morgan fingerprint density at radius 3 is 2.61 bits per heavy atom. The van der Waals surface area contributed by atoms with Gasteiger partial charge in [-0.25, -0.2) is 0 Å². The van der Waals surface area contributed by atoms with Gasteiger partial charge in [-0.3, -0.25) is 0 Å². The molecule has 2 rings (SSSR count). The maximum absolute atomic E-state index is 5.43. The summed E-state index contributed by atoms with van der Waals surface area (Å²) in [5.41, 5.74) is 2.41. The van der Waals surface area contributed by atoms with Crippen LogP contribution in [0.4, 0.5) is 0 Å². The van der Waals surface area contributed by atoms with Crippen molar-refractivity contribution >= 4 is 0 Å². The van der Waals surface area contributed by atoms with Crippen LogP contribution in [0, 0.1) is 0 Å². The molecule has 0 saturated carbocycles. The maximum Gasteiger partial charge on any atom is 0.119 e. The van der Waals surface area contributed by atoms with E-state index in [-0.39, 0.29) is 0 Å². The first kappa shape index (κ1) is 12.7. The van der Waals surface area contributed by atoms with Gasteiger partial charge in [-0.2, -0.15) is 0 Å². The molecule has 0 spiro atoms. The summed E-state index contributed by atoms with van der Waals surface area (Å²) in [6, 6.07) is 10.5. The van der Waals surface area contributed by atoms with Gasteiger partial charge in [0, 0.05) is 18.2 Å². The van der Waals surface area contributed by atoms with Crippen molar-refractivity contribution in [2.75, 3.05) is 6.61 Å². The van der Waals surface area contributed by atoms with Crippen molar-refractivity contribution in [2.24, 2.45) is 0 Å². The van der Waals surface area contributed by atoms with Crippen LogP contribution >= 0.6 is 0 Å². The van der Waals surface area contributed by atoms with Crippen LogP contribution < -0.4 is 10.1 Å². The Hall–Kier alpha value is -1.74. The molecule has 0 saturated heterocycles. The number of hydrogen-bond donors (Lipinski definition) is 1. The summed E-state index contributed by atoms with van der Waals surface area (Å²) in [6.45, 7) is 5.65. The topological polar surface area (TPSA) is 34.4 Å². The Balaban J connectivity index is 1.89. The smallest absolute Gasteiger partial charge is 0.119 e. The van der Waals surface area contributed by atoms with E-state index in [0.29, 0.717) is 12.6 Å². The van der Waals surface area contributed by atoms with Gasteiger partial charge in [-0.15, -0.1) is 0 Å². The first-order chi connectivity index (χ1) is 8.79. The second-order valence-electron chi connectivity index (χ2n) is 4.24. The number of ether oxygens (including phenoxy) is 1. The summed E-state index contributed by atoms with van der Waals surface area (Å²) in [5.74, 6) is 0.920. The van der Waals surface area contributed by atoms with Gasteiger partial charge in [-0.1, -0.05) is 12.1 Å². The van der Waals surface area contributed by atoms with Crippen LogP contribution in [0.15, 0.2) is 47.3 Å². The van der Waals surface area contributed by atoms with Crippen LogP contribution in [0.5, 0.6) is 5.75 Å². The van der Waals surface area contributed by atoms with E-state index in [0.717, 1.165) is 17.9 Å². The first-order valence-corrected chi connectivity index (χ1v) is 6.27. The van der Waals surface area contributed by atoms with Gasteiger partial charge < -0.3 is 14.5 Å². The SMILES string of the molecule is CCOc1ccc(C(C)NCc2ccoc2)cc1. The fraction of sp³-hybridized carbons (Fsp3) is 0.333. The summed E-state index contributed by atoms with van der Waals surface area (Å²) >= 11 is 0. The molecule has 0 aliphatic carbocycles. The zero-order chi connectivity index (χ0) is 12.8. The molecule has 1 aromatic carbocycles. The van der Waals surface area contributed by atoms with Crippen molar-refractivity contribution in [3.63, 3.8) is 0 Å². The van der Waals surface area contributed by atoms with E-state index in [1.807, 2.05) is 25.1 Å². The number of benzene rings is 1. The zero-order valence-electron chi connectivity index (χ0n) is 10.8. The minimum absolute atomic E-state index is 0.301. The van der Waals surface area contributed by atoms with Crippen LogP contribution in [0.2, 0.25) is 0 Å². The largest absolute Gasteiger partial charge is 0.494 e. The van der Waals surface area contributed by atoms with Crippen LogP contribution in [0.25, 0.3) is 0 Å². The van der Waals surface area contributed by atoms with Crippen LogP contribution in [-0.4, -0.2) is 6.61 Å². The van der Waals surface area contributed by atoms with E-state index in [1.165, 1.54) is 5.56 Å². The number of furan rings is 1. The molecule has 0 radical (unpaired) electrons. The van der Waals surface area contributed by atoms with Crippen molar-refractivity contribution in [3.05, 3.63) is 54.0 Å². The fourth-order valence-corrected chi connectivity index (χ4v) is 1.80. The summed E-state index contributed by atoms with van der Waals surface area (Å²) in [4.78, 5) is 0. The Morgan fingerprint density at radius 2 is 2.00 bits per heavy atom. The van der Waals surface area contributed by atoms with Crippen LogP contribution in [0.3, 0.4) is 0 Å². The van der Waals surface area contributed by atoms with Crippen LogP contribution in [0.1, 0.15) is 31.0 Å². The lowest BCUT2D eigenvalue weighted by molar-refractivity contribution is 0.340. The predicted octanol–water partition coefficient (Wildman–Crippen LogP) is 3.53. The summed E-state index contributed by atoms with van der Waals surface area (Å²) in [6.07, 6.45) is 3.45. The van der Waals surface area contributed by atoms with Crippen molar-refractivity contribution in [1.29, 1.82) is 0 Å². The van der Waals surface area contributed by atoms with Gasteiger partial charge in [0.1, 0.15) is 5.75 Å². The monoisotopic (exact) mass is 245 g/mol. The molecule has 3 heteroatoms. The molecule has 0 aliphatic heterocycles. The van der Waals surface area contributed by atoms with E-state index < -0.39 is 0 Å². The standard InChI is InChI=1S/C15H19NO2/c1-3-18-15-6-4-14(5-7-15)12(2)16-10-13-8-9-17-11-13/h4-9,11-12,16H,3,10H2,1-2H3. The third kappa shape index (κ3) is 3.37. The Kier molecular flexibility index (Phi) is 4.42. The van der Waals surface area contributed by atoms with Gasteiger partial charge in [0.25, 0.3) is 0 Å². The Morgan fingerprint density at radius 1 is 1.22 bits per heavy atom. The molecule has 2 aromatic rings. The van der Waals surface area contributed by atoms with Crippen molar-refractivity contribution in [3.8, 4) is 5.75 Å². The number of nitrogens with one attached hydrogen (secondary N) is 1. The fourth-order valence-electron chi connectivity index (χ4n) is 1.80. The summed E-state index contributed by atoms with van der Waals surface area (Å²) in [7, 11) is 0. The molecule has 1 aromatic heterocycles. The summed E-state index contributed by atoms with van der Waals surface area (Å²) < 4.78 is 10.5. The van der Waals surface area contributed by atoms with E-state index in [4.69, 9.17) is 9.15 Å². The highest BCUT2D eigenvalue weighted by atomic mass is 16.5. The van der Waals surface area contributed by atoms with E-state index in [9.17, 15) is 0 Å². The molecule has 96 valence electrons. The third-order valence-corrected chi connectivity index (χ3v) is 2.88. The number of rotatable bonds is 6. The lowest BCUT2D eigenvalue weighted by Gasteiger charge is -2.14. The second-order valence-corrected chi connectivity index (χ2v) is 4.24. The minimum atomic E-state index is 0.301. The minimum Gasteiger partial charge on any atom is -0.494 e. The molecule has 1 unspecified atom stereocenters. The lowest BCUT2D eigenvalue weighted by atomic mass is 10.1. The van der Waals surface area contributed by atoms with Crippen molar-refractivity contribution < 1.29 is 9.15 Å². The van der Waals surface area contributed by atoms with E-state index in [2.05, 4.69) is 24.4 Å². The molecule has 0 amide bonds. The average Bonchev–Trinajstić information content (AvgIpc) is 2.90. The zero-order valence-corrected chi connectivity index (χ0v) is 10.8. The first-order valence-electron chi connectivity index (χ1n) is 6.27. The third-order valence-electron chi connectivity index (χ3n) is 2.88. The van der Waals surface area contributed by atoms with Crippen LogP contribution in [-0.2, 0) is 6.54 Å². The molecule has 18 heavy (non-hydrogen) atoms. The molecule has 0 fully saturated rings. The highest BCUT2D eigenvalue weighted by Gasteiger charge is 2.05. The van der Waals surface area contributed by atoms with Gasteiger partial charge in [0.05, 0.1) is 19.1 Å². The van der Waals surface area contributed by atoms with E-state index >= 15 is 0 Å². The molecular formula is C15H19NO2. The molecule has 1 heterocycles. The molecule has 1 atom stereocenters. The highest BCUT2D eigenvalue weighted by molar-refractivity contribution is 5.29. The van der Waals surface area contributed by atoms with Gasteiger partial charge >= 0.3 is 0 Å². The molecular weight excluding hydrogens is 226 g/mol. The van der Waals surface area contributed by atoms with Crippen molar-refractivity contribution in [2.45, 2.75) is 26.4 Å². The van der Waals surface area contributed by atoms with Crippen molar-refractivity contribution in [1.82, 2.24) is 5.32 Å². The molecule has 3 nitrogen and oxygen atoms in total. The molecule has 0 aliphatic rings. The quantitative estimate of drug-likeness (QED) is 0.845. The highest BCUT2D eigenvalue weighted by Crippen LogP contribution is 2.18. The Bertz CT molecular complexity index is 448.